The summed E-state index contributed by atoms with van der Waals surface area (Å²) in [5, 5.41) is 0. The maximum absolute atomic E-state index is 4.24. The summed E-state index contributed by atoms with van der Waals surface area (Å²) in [5.74, 6) is 3.30. The molecule has 0 saturated heterocycles. The van der Waals surface area contributed by atoms with Crippen molar-refractivity contribution in [3.05, 3.63) is 12.2 Å². The second kappa shape index (κ2) is 24.0. The fraction of sp³-hybridized carbons (Fsp3) is 0.931. The SMILES string of the molecule is C=C(C)C(CC(C)CCCC)CC(C)CCC(C)C.CC.CC.CCC(C)(C)C. The molecule has 0 nitrogen and oxygen atoms in total. The van der Waals surface area contributed by atoms with Crippen LogP contribution in [-0.4, -0.2) is 0 Å². The van der Waals surface area contributed by atoms with Gasteiger partial charge < -0.3 is 0 Å². The number of allylic oxidation sites excluding steroid dienone is 1. The van der Waals surface area contributed by atoms with Crippen molar-refractivity contribution in [2.24, 2.45) is 29.1 Å². The summed E-state index contributed by atoms with van der Waals surface area (Å²) in [6.45, 7) is 35.2. The fourth-order valence-electron chi connectivity index (χ4n) is 2.88. The van der Waals surface area contributed by atoms with Crippen molar-refractivity contribution in [2.75, 3.05) is 0 Å². The average Bonchev–Trinajstić information content (AvgIpc) is 2.67. The molecule has 3 unspecified atom stereocenters. The smallest absolute Gasteiger partial charge is 0.0204 e. The maximum atomic E-state index is 4.24. The van der Waals surface area contributed by atoms with Crippen molar-refractivity contribution >= 4 is 0 Å². The Bertz CT molecular complexity index is 304. The first kappa shape index (κ1) is 36.1. The van der Waals surface area contributed by atoms with Crippen LogP contribution in [0, 0.1) is 29.1 Å². The van der Waals surface area contributed by atoms with E-state index in [0.717, 1.165) is 23.7 Å². The van der Waals surface area contributed by atoms with E-state index in [1.807, 2.05) is 27.7 Å². The molecule has 0 radical (unpaired) electrons. The van der Waals surface area contributed by atoms with E-state index in [2.05, 4.69) is 75.8 Å². The number of hydrogen-bond donors (Lipinski definition) is 0. The van der Waals surface area contributed by atoms with Gasteiger partial charge in [-0.25, -0.2) is 0 Å². The minimum absolute atomic E-state index is 0.542. The van der Waals surface area contributed by atoms with Crippen molar-refractivity contribution in [3.8, 4) is 0 Å². The monoisotopic (exact) mass is 413 g/mol. The Morgan fingerprint density at radius 3 is 1.41 bits per heavy atom. The van der Waals surface area contributed by atoms with Gasteiger partial charge in [-0.15, -0.1) is 0 Å². The highest BCUT2D eigenvalue weighted by Crippen LogP contribution is 2.30. The van der Waals surface area contributed by atoms with Gasteiger partial charge in [0.2, 0.25) is 0 Å². The predicted molar refractivity (Wildman–Crippen MR) is 142 cm³/mol. The Labute approximate surface area is 189 Å². The molecule has 0 heteroatoms. The molecule has 0 aromatic carbocycles. The van der Waals surface area contributed by atoms with Crippen molar-refractivity contribution in [3.63, 3.8) is 0 Å². The van der Waals surface area contributed by atoms with Gasteiger partial charge >= 0.3 is 0 Å². The molecular weight excluding hydrogens is 348 g/mol. The van der Waals surface area contributed by atoms with E-state index in [1.54, 1.807) is 0 Å². The topological polar surface area (TPSA) is 0 Å². The lowest BCUT2D eigenvalue weighted by Gasteiger charge is -2.25. The molecular formula is C29H64. The molecule has 0 saturated carbocycles. The van der Waals surface area contributed by atoms with Crippen molar-refractivity contribution in [2.45, 2.75) is 148 Å². The van der Waals surface area contributed by atoms with Gasteiger partial charge in [0, 0.05) is 0 Å². The van der Waals surface area contributed by atoms with E-state index in [4.69, 9.17) is 0 Å². The summed E-state index contributed by atoms with van der Waals surface area (Å²) in [4.78, 5) is 0. The molecule has 3 atom stereocenters. The fourth-order valence-corrected chi connectivity index (χ4v) is 2.88. The Kier molecular flexibility index (Phi) is 29.9. The van der Waals surface area contributed by atoms with Crippen LogP contribution in [0.2, 0.25) is 0 Å². The van der Waals surface area contributed by atoms with E-state index in [-0.39, 0.29) is 0 Å². The maximum Gasteiger partial charge on any atom is -0.0204 e. The lowest BCUT2D eigenvalue weighted by Crippen LogP contribution is -2.12. The van der Waals surface area contributed by atoms with Gasteiger partial charge in [-0.2, -0.15) is 0 Å². The third-order valence-electron chi connectivity index (χ3n) is 5.42. The molecule has 0 N–H and O–H groups in total. The number of rotatable bonds is 11. The standard InChI is InChI=1S/C19H38.C6H14.2C2H6/c1-8-9-10-17(6)13-19(16(4)5)14-18(7)12-11-15(2)3;1-5-6(2,3)4;2*1-2/h15,17-19H,4,8-14H2,1-3,5-7H3;5H2,1-4H3;2*1-2H3. The van der Waals surface area contributed by atoms with Crippen molar-refractivity contribution in [1.82, 2.24) is 0 Å². The zero-order chi connectivity index (χ0) is 24.0. The van der Waals surface area contributed by atoms with Crippen LogP contribution in [0.25, 0.3) is 0 Å². The van der Waals surface area contributed by atoms with Crippen LogP contribution in [0.15, 0.2) is 12.2 Å². The molecule has 0 bridgehead atoms. The predicted octanol–water partition coefficient (Wildman–Crippen LogP) is 11.4. The third kappa shape index (κ3) is 32.6. The highest BCUT2D eigenvalue weighted by molar-refractivity contribution is 4.97. The van der Waals surface area contributed by atoms with Crippen LogP contribution in [-0.2, 0) is 0 Å². The Morgan fingerprint density at radius 2 is 1.14 bits per heavy atom. The van der Waals surface area contributed by atoms with E-state index < -0.39 is 0 Å². The van der Waals surface area contributed by atoms with Crippen molar-refractivity contribution < 1.29 is 0 Å². The highest BCUT2D eigenvalue weighted by Gasteiger charge is 2.17. The Morgan fingerprint density at radius 1 is 0.759 bits per heavy atom. The van der Waals surface area contributed by atoms with Crippen LogP contribution >= 0.6 is 0 Å². The summed E-state index contributed by atoms with van der Waals surface area (Å²) in [6, 6.07) is 0. The quantitative estimate of drug-likeness (QED) is 0.296. The van der Waals surface area contributed by atoms with Crippen LogP contribution in [0.3, 0.4) is 0 Å². The zero-order valence-electron chi connectivity index (χ0n) is 23.7. The molecule has 0 heterocycles. The summed E-state index contributed by atoms with van der Waals surface area (Å²) in [6.07, 6.45) is 10.8. The van der Waals surface area contributed by atoms with E-state index >= 15 is 0 Å². The molecule has 29 heavy (non-hydrogen) atoms. The summed E-state index contributed by atoms with van der Waals surface area (Å²) >= 11 is 0. The van der Waals surface area contributed by atoms with Crippen LogP contribution in [0.5, 0.6) is 0 Å². The van der Waals surface area contributed by atoms with Crippen molar-refractivity contribution in [1.29, 1.82) is 0 Å². The minimum atomic E-state index is 0.542. The van der Waals surface area contributed by atoms with Gasteiger partial charge in [0.1, 0.15) is 0 Å². The number of hydrogen-bond acceptors (Lipinski definition) is 0. The van der Waals surface area contributed by atoms with Crippen LogP contribution in [0.1, 0.15) is 148 Å². The molecule has 0 spiro atoms. The molecule has 0 aliphatic heterocycles. The third-order valence-corrected chi connectivity index (χ3v) is 5.42. The Balaban J connectivity index is -0.000000261. The van der Waals surface area contributed by atoms with Crippen LogP contribution < -0.4 is 0 Å². The Hall–Kier alpha value is -0.260. The normalized spacial score (nSPS) is 13.6. The summed E-state index contributed by atoms with van der Waals surface area (Å²) in [7, 11) is 0. The summed E-state index contributed by atoms with van der Waals surface area (Å²) in [5.41, 5.74) is 1.94. The first-order valence-corrected chi connectivity index (χ1v) is 13.1. The average molecular weight is 413 g/mol. The molecule has 0 aliphatic rings. The molecule has 0 amide bonds. The van der Waals surface area contributed by atoms with Gasteiger partial charge in [-0.1, -0.05) is 141 Å². The molecule has 180 valence electrons. The van der Waals surface area contributed by atoms with Gasteiger partial charge in [-0.3, -0.25) is 0 Å². The molecule has 0 rings (SSSR count). The van der Waals surface area contributed by atoms with E-state index in [1.165, 1.54) is 56.9 Å². The molecule has 0 aromatic rings. The van der Waals surface area contributed by atoms with E-state index in [9.17, 15) is 0 Å². The van der Waals surface area contributed by atoms with Gasteiger partial charge in [0.05, 0.1) is 0 Å². The van der Waals surface area contributed by atoms with E-state index in [0.29, 0.717) is 5.41 Å². The first-order chi connectivity index (χ1) is 13.4. The highest BCUT2D eigenvalue weighted by atomic mass is 14.2. The second-order valence-corrected chi connectivity index (χ2v) is 10.3. The molecule has 0 fully saturated rings. The first-order valence-electron chi connectivity index (χ1n) is 13.1. The summed E-state index contributed by atoms with van der Waals surface area (Å²) < 4.78 is 0. The second-order valence-electron chi connectivity index (χ2n) is 10.3. The largest absolute Gasteiger partial charge is 0.0999 e. The zero-order valence-corrected chi connectivity index (χ0v) is 23.7. The molecule has 0 aliphatic carbocycles. The lowest BCUT2D eigenvalue weighted by molar-refractivity contribution is 0.324. The molecule has 0 aromatic heterocycles. The minimum Gasteiger partial charge on any atom is -0.0999 e. The van der Waals surface area contributed by atoms with Gasteiger partial charge in [-0.05, 0) is 48.9 Å². The lowest BCUT2D eigenvalue weighted by atomic mass is 9.81. The number of unbranched alkanes of at least 4 members (excludes halogenated alkanes) is 1. The van der Waals surface area contributed by atoms with Gasteiger partial charge in [0.25, 0.3) is 0 Å². The van der Waals surface area contributed by atoms with Gasteiger partial charge in [0.15, 0.2) is 0 Å². The van der Waals surface area contributed by atoms with Crippen LogP contribution in [0.4, 0.5) is 0 Å².